The number of hydrogen-bond acceptors (Lipinski definition) is 4. The van der Waals surface area contributed by atoms with Gasteiger partial charge in [0.15, 0.2) is 0 Å². The summed E-state index contributed by atoms with van der Waals surface area (Å²) in [5.74, 6) is 0.0243. The highest BCUT2D eigenvalue weighted by molar-refractivity contribution is 7.10. The predicted molar refractivity (Wildman–Crippen MR) is 94.2 cm³/mol. The van der Waals surface area contributed by atoms with Crippen molar-refractivity contribution in [2.75, 3.05) is 0 Å². The van der Waals surface area contributed by atoms with E-state index in [9.17, 15) is 4.79 Å². The van der Waals surface area contributed by atoms with Crippen LogP contribution >= 0.6 is 23.7 Å². The highest BCUT2D eigenvalue weighted by atomic mass is 35.5. The molecule has 2 atom stereocenters. The lowest BCUT2D eigenvalue weighted by molar-refractivity contribution is -0.121. The van der Waals surface area contributed by atoms with Crippen molar-refractivity contribution >= 4 is 29.7 Å². The lowest BCUT2D eigenvalue weighted by atomic mass is 10.2. The van der Waals surface area contributed by atoms with Gasteiger partial charge in [-0.3, -0.25) is 4.79 Å². The Labute approximate surface area is 141 Å². The molecule has 1 amide bonds. The number of nitrogens with two attached hydrogens (primary N) is 1. The van der Waals surface area contributed by atoms with Crippen LogP contribution in [0.2, 0.25) is 0 Å². The first-order valence-corrected chi connectivity index (χ1v) is 8.00. The normalized spacial score (nSPS) is 13.0. The van der Waals surface area contributed by atoms with Crippen LogP contribution in [0, 0.1) is 0 Å². The van der Waals surface area contributed by atoms with Gasteiger partial charge in [-0.05, 0) is 20.3 Å². The number of halogens is 1. The molecule has 4 nitrogen and oxygen atoms in total. The fourth-order valence-corrected chi connectivity index (χ4v) is 2.80. The van der Waals surface area contributed by atoms with E-state index in [1.54, 1.807) is 11.3 Å². The smallest absolute Gasteiger partial charge is 0.220 e. The van der Waals surface area contributed by atoms with Crippen molar-refractivity contribution in [1.29, 1.82) is 0 Å². The van der Waals surface area contributed by atoms with Crippen LogP contribution in [0.3, 0.4) is 0 Å². The van der Waals surface area contributed by atoms with Gasteiger partial charge in [0.25, 0.3) is 0 Å². The van der Waals surface area contributed by atoms with Gasteiger partial charge >= 0.3 is 0 Å². The van der Waals surface area contributed by atoms with Gasteiger partial charge in [-0.1, -0.05) is 30.3 Å². The number of rotatable bonds is 6. The number of carbonyl (C=O) groups excluding carboxylic acids is 1. The molecule has 1 aromatic heterocycles. The van der Waals surface area contributed by atoms with Crippen LogP contribution < -0.4 is 11.1 Å². The summed E-state index contributed by atoms with van der Waals surface area (Å²) in [6, 6.07) is 10.0. The zero-order chi connectivity index (χ0) is 15.2. The molecule has 0 saturated carbocycles. The Kier molecular flexibility index (Phi) is 7.51. The quantitative estimate of drug-likeness (QED) is 0.845. The number of thiazole rings is 1. The van der Waals surface area contributed by atoms with Gasteiger partial charge in [-0.15, -0.1) is 23.7 Å². The number of nitrogens with one attached hydrogen (secondary N) is 1. The number of amides is 1. The molecule has 2 rings (SSSR count). The molecular weight excluding hydrogens is 318 g/mol. The second kappa shape index (κ2) is 8.88. The Morgan fingerprint density at radius 3 is 2.64 bits per heavy atom. The van der Waals surface area contributed by atoms with Crippen LogP contribution in [0.15, 0.2) is 35.7 Å². The molecule has 2 aromatic rings. The van der Waals surface area contributed by atoms with Crippen molar-refractivity contribution in [2.24, 2.45) is 5.73 Å². The molecule has 0 fully saturated rings. The molecular formula is C16H22ClN3OS. The predicted octanol–water partition coefficient (Wildman–Crippen LogP) is 3.54. The van der Waals surface area contributed by atoms with Crippen LogP contribution in [0.1, 0.15) is 37.7 Å². The fourth-order valence-electron chi connectivity index (χ4n) is 1.96. The van der Waals surface area contributed by atoms with Crippen LogP contribution in [-0.4, -0.2) is 16.9 Å². The zero-order valence-electron chi connectivity index (χ0n) is 12.8. The number of hydrogen-bond donors (Lipinski definition) is 2. The third-order valence-corrected chi connectivity index (χ3v) is 4.19. The van der Waals surface area contributed by atoms with Gasteiger partial charge in [0.2, 0.25) is 5.91 Å². The van der Waals surface area contributed by atoms with E-state index >= 15 is 0 Å². The molecule has 0 aliphatic rings. The van der Waals surface area contributed by atoms with Crippen LogP contribution in [0.4, 0.5) is 0 Å². The van der Waals surface area contributed by atoms with Crippen molar-refractivity contribution in [3.8, 4) is 11.3 Å². The molecule has 0 aliphatic heterocycles. The van der Waals surface area contributed by atoms with E-state index in [0.29, 0.717) is 12.8 Å². The summed E-state index contributed by atoms with van der Waals surface area (Å²) in [5.41, 5.74) is 7.70. The van der Waals surface area contributed by atoms with Gasteiger partial charge in [0.05, 0.1) is 11.7 Å². The van der Waals surface area contributed by atoms with Crippen molar-refractivity contribution in [3.05, 3.63) is 40.7 Å². The molecule has 3 N–H and O–H groups in total. The Bertz CT molecular complexity index is 586. The number of aromatic nitrogens is 1. The summed E-state index contributed by atoms with van der Waals surface area (Å²) in [6.07, 6.45) is 1.16. The maximum atomic E-state index is 11.8. The maximum absolute atomic E-state index is 11.8. The summed E-state index contributed by atoms with van der Waals surface area (Å²) in [4.78, 5) is 16.4. The van der Waals surface area contributed by atoms with Gasteiger partial charge in [0, 0.05) is 23.4 Å². The zero-order valence-corrected chi connectivity index (χ0v) is 14.4. The first-order valence-electron chi connectivity index (χ1n) is 7.12. The van der Waals surface area contributed by atoms with Gasteiger partial charge in [0.1, 0.15) is 5.01 Å². The lowest BCUT2D eigenvalue weighted by Crippen LogP contribution is -2.28. The van der Waals surface area contributed by atoms with E-state index in [4.69, 9.17) is 5.73 Å². The van der Waals surface area contributed by atoms with Gasteiger partial charge in [-0.2, -0.15) is 0 Å². The Balaban J connectivity index is 0.00000242. The Morgan fingerprint density at radius 1 is 1.32 bits per heavy atom. The molecule has 120 valence electrons. The van der Waals surface area contributed by atoms with E-state index in [0.717, 1.165) is 16.3 Å². The van der Waals surface area contributed by atoms with E-state index in [1.165, 1.54) is 0 Å². The van der Waals surface area contributed by atoms with Crippen LogP contribution in [0.25, 0.3) is 11.3 Å². The molecule has 0 spiro atoms. The first-order chi connectivity index (χ1) is 10.1. The summed E-state index contributed by atoms with van der Waals surface area (Å²) in [5, 5.41) is 5.91. The number of nitrogens with zero attached hydrogens (tertiary/aromatic N) is 1. The van der Waals surface area contributed by atoms with Gasteiger partial charge < -0.3 is 11.1 Å². The molecule has 0 radical (unpaired) electrons. The van der Waals surface area contributed by atoms with Crippen molar-refractivity contribution in [1.82, 2.24) is 10.3 Å². The third kappa shape index (κ3) is 5.40. The molecule has 1 aromatic carbocycles. The Hall–Kier alpha value is -1.43. The minimum Gasteiger partial charge on any atom is -0.347 e. The van der Waals surface area contributed by atoms with Crippen molar-refractivity contribution < 1.29 is 4.79 Å². The standard InChI is InChI=1S/C16H21N3OS.ClH/c1-11(17)8-9-15(20)18-12(2)16-19-14(10-21-16)13-6-4-3-5-7-13;/h3-7,10-12H,8-9,17H2,1-2H3,(H,18,20);1H. The number of benzene rings is 1. The molecule has 1 heterocycles. The first kappa shape index (κ1) is 18.6. The fraction of sp³-hybridized carbons (Fsp3) is 0.375. The monoisotopic (exact) mass is 339 g/mol. The minimum atomic E-state index is -0.0759. The van der Waals surface area contributed by atoms with Crippen LogP contribution in [0.5, 0.6) is 0 Å². The molecule has 0 aliphatic carbocycles. The molecule has 6 heteroatoms. The molecule has 22 heavy (non-hydrogen) atoms. The SMILES string of the molecule is CC(N)CCC(=O)NC(C)c1nc(-c2ccccc2)cs1.Cl. The topological polar surface area (TPSA) is 68.0 Å². The molecule has 0 saturated heterocycles. The summed E-state index contributed by atoms with van der Waals surface area (Å²) >= 11 is 1.57. The second-order valence-electron chi connectivity index (χ2n) is 5.24. The van der Waals surface area contributed by atoms with Crippen LogP contribution in [-0.2, 0) is 4.79 Å². The van der Waals surface area contributed by atoms with Crippen molar-refractivity contribution in [2.45, 2.75) is 38.8 Å². The average molecular weight is 340 g/mol. The molecule has 2 unspecified atom stereocenters. The largest absolute Gasteiger partial charge is 0.347 e. The summed E-state index contributed by atoms with van der Waals surface area (Å²) in [6.45, 7) is 3.86. The molecule has 0 bridgehead atoms. The minimum absolute atomic E-state index is 0. The highest BCUT2D eigenvalue weighted by Gasteiger charge is 2.14. The number of carbonyl (C=O) groups is 1. The van der Waals surface area contributed by atoms with E-state index in [-0.39, 0.29) is 30.4 Å². The lowest BCUT2D eigenvalue weighted by Gasteiger charge is -2.12. The van der Waals surface area contributed by atoms with E-state index < -0.39 is 0 Å². The van der Waals surface area contributed by atoms with Crippen molar-refractivity contribution in [3.63, 3.8) is 0 Å². The van der Waals surface area contributed by atoms with E-state index in [2.05, 4.69) is 10.3 Å². The highest BCUT2D eigenvalue weighted by Crippen LogP contribution is 2.25. The second-order valence-corrected chi connectivity index (χ2v) is 6.13. The summed E-state index contributed by atoms with van der Waals surface area (Å²) < 4.78 is 0. The third-order valence-electron chi connectivity index (χ3n) is 3.17. The summed E-state index contributed by atoms with van der Waals surface area (Å²) in [7, 11) is 0. The average Bonchev–Trinajstić information content (AvgIpc) is 2.96. The van der Waals surface area contributed by atoms with Gasteiger partial charge in [-0.25, -0.2) is 4.98 Å². The van der Waals surface area contributed by atoms with E-state index in [1.807, 2.05) is 49.6 Å². The Morgan fingerprint density at radius 2 is 2.00 bits per heavy atom. The maximum Gasteiger partial charge on any atom is 0.220 e.